The number of aliphatic hydroxyl groups excluding tert-OH is 2. The van der Waals surface area contributed by atoms with Crippen LogP contribution in [0.25, 0.3) is 0 Å². The predicted molar refractivity (Wildman–Crippen MR) is 159 cm³/mol. The molecule has 20 heteroatoms. The fourth-order valence-electron chi connectivity index (χ4n) is 5.41. The van der Waals surface area contributed by atoms with Crippen LogP contribution in [0.4, 0.5) is 0 Å². The maximum Gasteiger partial charge on any atom is 0.270 e. The van der Waals surface area contributed by atoms with Gasteiger partial charge in [0.1, 0.15) is 5.25 Å². The van der Waals surface area contributed by atoms with Crippen molar-refractivity contribution in [2.45, 2.75) is 17.7 Å². The Morgan fingerprint density at radius 2 is 1.16 bits per heavy atom. The topological polar surface area (TPSA) is 229 Å². The van der Waals surface area contributed by atoms with Crippen LogP contribution in [0.15, 0.2) is 0 Å². The highest BCUT2D eigenvalue weighted by Gasteiger charge is 2.40. The van der Waals surface area contributed by atoms with E-state index in [9.17, 15) is 34.9 Å². The zero-order valence-electron chi connectivity index (χ0n) is 24.6. The molecular weight excluding hydrogens is 634 g/mol. The van der Waals surface area contributed by atoms with Gasteiger partial charge in [-0.3, -0.25) is 38.2 Å². The third-order valence-corrected chi connectivity index (χ3v) is 10.5. The molecule has 17 nitrogen and oxygen atoms in total. The number of rotatable bonds is 15. The number of aliphatic hydroxyl groups is 2. The maximum absolute atomic E-state index is 12.3. The van der Waals surface area contributed by atoms with Gasteiger partial charge >= 0.3 is 0 Å². The molecule has 2 unspecified atom stereocenters. The minimum absolute atomic E-state index is 0.0559. The lowest BCUT2D eigenvalue weighted by atomic mass is 10.1. The van der Waals surface area contributed by atoms with Gasteiger partial charge in [0.2, 0.25) is 0 Å². The van der Waals surface area contributed by atoms with E-state index in [0.29, 0.717) is 72.0 Å². The summed E-state index contributed by atoms with van der Waals surface area (Å²) in [6.07, 6.45) is 0.485. The van der Waals surface area contributed by atoms with Crippen LogP contribution in [0.3, 0.4) is 0 Å². The average molecular weight is 684 g/mol. The third-order valence-electron chi connectivity index (χ3n) is 7.78. The molecule has 3 aliphatic rings. The molecular formula is C23H49N5O12S3. The Bertz CT molecular complexity index is 1110. The summed E-state index contributed by atoms with van der Waals surface area (Å²) in [4.78, 5) is 9.73. The van der Waals surface area contributed by atoms with E-state index < -0.39 is 47.4 Å². The zero-order chi connectivity index (χ0) is 32.1. The standard InChI is InChI=1S/C16H34N4O8S2.C7H15NO4S/c21-10-7-17-1-3-18(4-2-17)14-16(30(26,27)28)15-13-19(9-12-29(23,24)25)5-6-20(15)8-11-22;9-13(10,11)7-1-2-8-3-5-12-6-4-8/h15-16,21-22H,1-14H2,(H,23,24,25)(H,26,27,28);1-7H2,(H,9,10,11). The summed E-state index contributed by atoms with van der Waals surface area (Å²) in [7, 11) is -12.3. The van der Waals surface area contributed by atoms with Crippen LogP contribution in [0.1, 0.15) is 6.42 Å². The predicted octanol–water partition coefficient (Wildman–Crippen LogP) is -3.68. The molecule has 5 N–H and O–H groups in total. The lowest BCUT2D eigenvalue weighted by molar-refractivity contribution is 0.0380. The van der Waals surface area contributed by atoms with Crippen molar-refractivity contribution >= 4 is 30.4 Å². The van der Waals surface area contributed by atoms with Crippen LogP contribution in [0.5, 0.6) is 0 Å². The van der Waals surface area contributed by atoms with Gasteiger partial charge in [0.25, 0.3) is 30.4 Å². The van der Waals surface area contributed by atoms with E-state index in [1.165, 1.54) is 0 Å². The molecule has 256 valence electrons. The van der Waals surface area contributed by atoms with Gasteiger partial charge in [0.05, 0.1) is 37.9 Å². The van der Waals surface area contributed by atoms with Crippen LogP contribution in [-0.4, -0.2) is 214 Å². The normalized spacial score (nSPS) is 23.5. The van der Waals surface area contributed by atoms with E-state index in [0.717, 1.165) is 13.1 Å². The van der Waals surface area contributed by atoms with Crippen molar-refractivity contribution in [1.29, 1.82) is 0 Å². The Morgan fingerprint density at radius 3 is 1.70 bits per heavy atom. The molecule has 2 atom stereocenters. The second-order valence-corrected chi connectivity index (χ2v) is 15.7. The Kier molecular flexibility index (Phi) is 16.6. The largest absolute Gasteiger partial charge is 0.395 e. The fourth-order valence-corrected chi connectivity index (χ4v) is 7.45. The molecule has 0 spiro atoms. The zero-order valence-corrected chi connectivity index (χ0v) is 27.0. The van der Waals surface area contributed by atoms with Gasteiger partial charge in [-0.25, -0.2) is 0 Å². The lowest BCUT2D eigenvalue weighted by Gasteiger charge is -2.45. The third kappa shape index (κ3) is 16.0. The molecule has 3 heterocycles. The van der Waals surface area contributed by atoms with Crippen molar-refractivity contribution in [3.63, 3.8) is 0 Å². The minimum atomic E-state index is -4.42. The van der Waals surface area contributed by atoms with Gasteiger partial charge in [0.15, 0.2) is 0 Å². The van der Waals surface area contributed by atoms with E-state index >= 15 is 0 Å². The van der Waals surface area contributed by atoms with Crippen molar-refractivity contribution in [1.82, 2.24) is 24.5 Å². The quantitative estimate of drug-likeness (QED) is 0.105. The van der Waals surface area contributed by atoms with Crippen molar-refractivity contribution in [2.24, 2.45) is 0 Å². The lowest BCUT2D eigenvalue weighted by Crippen LogP contribution is -2.62. The Morgan fingerprint density at radius 1 is 0.628 bits per heavy atom. The second-order valence-electron chi connectivity index (χ2n) is 10.9. The summed E-state index contributed by atoms with van der Waals surface area (Å²) >= 11 is 0. The first-order chi connectivity index (χ1) is 20.1. The molecule has 0 radical (unpaired) electrons. The summed E-state index contributed by atoms with van der Waals surface area (Å²) in [5.74, 6) is -0.604. The Labute approximate surface area is 255 Å². The van der Waals surface area contributed by atoms with Gasteiger partial charge in [-0.05, 0) is 13.0 Å². The SMILES string of the molecule is O=S(=O)(O)CCCN1CCOCC1.O=S(=O)(O)CCN1CCN(CCO)C(C(CN2CCN(CCO)CC2)S(=O)(=O)O)C1. The van der Waals surface area contributed by atoms with Crippen LogP contribution < -0.4 is 0 Å². The summed E-state index contributed by atoms with van der Waals surface area (Å²) in [6, 6.07) is -0.627. The fraction of sp³-hybridized carbons (Fsp3) is 1.00. The van der Waals surface area contributed by atoms with Crippen LogP contribution in [0.2, 0.25) is 0 Å². The monoisotopic (exact) mass is 683 g/mol. The molecule has 0 saturated carbocycles. The minimum Gasteiger partial charge on any atom is -0.395 e. The highest BCUT2D eigenvalue weighted by Crippen LogP contribution is 2.20. The van der Waals surface area contributed by atoms with Gasteiger partial charge in [0, 0.05) is 91.1 Å². The van der Waals surface area contributed by atoms with E-state index in [4.69, 9.17) is 18.9 Å². The first-order valence-corrected chi connectivity index (χ1v) is 19.1. The number of hydrogen-bond acceptors (Lipinski definition) is 14. The highest BCUT2D eigenvalue weighted by molar-refractivity contribution is 7.86. The van der Waals surface area contributed by atoms with E-state index in [1.807, 2.05) is 9.80 Å². The first-order valence-electron chi connectivity index (χ1n) is 14.4. The van der Waals surface area contributed by atoms with Gasteiger partial charge in [-0.1, -0.05) is 0 Å². The highest BCUT2D eigenvalue weighted by atomic mass is 32.2. The molecule has 43 heavy (non-hydrogen) atoms. The average Bonchev–Trinajstić information content (AvgIpc) is 2.92. The van der Waals surface area contributed by atoms with Crippen LogP contribution >= 0.6 is 0 Å². The summed E-state index contributed by atoms with van der Waals surface area (Å²) in [5, 5.41) is 17.3. The number of piperazine rings is 2. The molecule has 3 fully saturated rings. The summed E-state index contributed by atoms with van der Waals surface area (Å²) in [6.45, 7) is 8.36. The maximum atomic E-state index is 12.3. The van der Waals surface area contributed by atoms with E-state index in [2.05, 4.69) is 9.80 Å². The molecule has 3 rings (SSSR count). The summed E-state index contributed by atoms with van der Waals surface area (Å²) in [5.41, 5.74) is 0. The van der Waals surface area contributed by atoms with Gasteiger partial charge in [-0.2, -0.15) is 25.3 Å². The van der Waals surface area contributed by atoms with Crippen molar-refractivity contribution in [3.8, 4) is 0 Å². The number of morpholine rings is 1. The van der Waals surface area contributed by atoms with Crippen molar-refractivity contribution in [3.05, 3.63) is 0 Å². The van der Waals surface area contributed by atoms with Crippen LogP contribution in [-0.2, 0) is 35.1 Å². The molecule has 3 saturated heterocycles. The van der Waals surface area contributed by atoms with Crippen molar-refractivity contribution in [2.75, 3.05) is 130 Å². The molecule has 0 aromatic heterocycles. The molecule has 0 amide bonds. The van der Waals surface area contributed by atoms with Crippen LogP contribution in [0, 0.1) is 0 Å². The van der Waals surface area contributed by atoms with Crippen molar-refractivity contribution < 1.29 is 53.9 Å². The van der Waals surface area contributed by atoms with E-state index in [-0.39, 0.29) is 45.1 Å². The molecule has 3 aliphatic heterocycles. The first kappa shape index (κ1) is 38.6. The molecule has 0 aliphatic carbocycles. The Hall–Kier alpha value is -0.590. The molecule has 0 aromatic rings. The number of β-amino-alcohol motifs (C(OH)–C–C–N with tert-alkyl or cyclic N) is 2. The molecule has 0 bridgehead atoms. The number of ether oxygens (including phenoxy) is 1. The molecule has 0 aromatic carbocycles. The Balaban J connectivity index is 0.000000413. The second kappa shape index (κ2) is 18.5. The smallest absolute Gasteiger partial charge is 0.270 e. The van der Waals surface area contributed by atoms with Gasteiger partial charge < -0.3 is 14.9 Å². The number of hydrogen-bond donors (Lipinski definition) is 5. The summed E-state index contributed by atoms with van der Waals surface area (Å²) < 4.78 is 100. The van der Waals surface area contributed by atoms with Gasteiger partial charge in [-0.15, -0.1) is 0 Å². The van der Waals surface area contributed by atoms with E-state index in [1.54, 1.807) is 4.90 Å². The number of nitrogens with zero attached hydrogens (tertiary/aromatic N) is 5.